The number of rotatable bonds is 7. The Bertz CT molecular complexity index is 2260. The van der Waals surface area contributed by atoms with E-state index in [2.05, 4.69) is 37.2 Å². The third-order valence-corrected chi connectivity index (χ3v) is 8.46. The summed E-state index contributed by atoms with van der Waals surface area (Å²) in [7, 11) is 1.90. The van der Waals surface area contributed by atoms with Crippen LogP contribution in [0.1, 0.15) is 51.9 Å². The van der Waals surface area contributed by atoms with Gasteiger partial charge >= 0.3 is 5.65 Å². The van der Waals surface area contributed by atoms with Crippen molar-refractivity contribution < 1.29 is 14.4 Å². The lowest BCUT2D eigenvalue weighted by Crippen LogP contribution is -2.47. The molecule has 1 saturated heterocycles. The normalized spacial score (nSPS) is 14.1. The van der Waals surface area contributed by atoms with Crippen molar-refractivity contribution in [2.24, 2.45) is 7.05 Å². The van der Waals surface area contributed by atoms with Gasteiger partial charge in [0.15, 0.2) is 11.4 Å². The number of aryl methyl sites for hydroxylation is 1. The first kappa shape index (κ1) is 29.8. The molecule has 1 amide bonds. The number of hydrogen-bond acceptors (Lipinski definition) is 8. The van der Waals surface area contributed by atoms with Crippen LogP contribution in [-0.4, -0.2) is 71.6 Å². The van der Waals surface area contributed by atoms with Crippen molar-refractivity contribution in [1.29, 1.82) is 0 Å². The van der Waals surface area contributed by atoms with Crippen LogP contribution in [0.4, 0.5) is 5.82 Å². The summed E-state index contributed by atoms with van der Waals surface area (Å²) in [5.74, 6) is 6.81. The molecule has 6 aromatic rings. The van der Waals surface area contributed by atoms with Crippen LogP contribution in [0.5, 0.6) is 0 Å². The van der Waals surface area contributed by atoms with Gasteiger partial charge in [0.1, 0.15) is 18.2 Å². The number of nitrogens with zero attached hydrogens (tertiary/aromatic N) is 7. The van der Waals surface area contributed by atoms with E-state index in [4.69, 9.17) is 10.7 Å². The number of aromatic amines is 1. The van der Waals surface area contributed by atoms with Gasteiger partial charge in [0.2, 0.25) is 0 Å². The number of aliphatic hydroxyl groups is 1. The van der Waals surface area contributed by atoms with Gasteiger partial charge in [-0.05, 0) is 36.2 Å². The van der Waals surface area contributed by atoms with Crippen molar-refractivity contribution >= 4 is 28.3 Å². The molecule has 5 N–H and O–H groups in total. The minimum Gasteiger partial charge on any atom is -0.395 e. The van der Waals surface area contributed by atoms with Gasteiger partial charge in [0.25, 0.3) is 11.5 Å². The number of fused-ring (bicyclic) bond motifs is 2. The van der Waals surface area contributed by atoms with Crippen molar-refractivity contribution in [2.45, 2.75) is 18.9 Å². The summed E-state index contributed by atoms with van der Waals surface area (Å²) in [6.45, 7) is 4.20. The Kier molecular flexibility index (Phi) is 7.72. The maximum absolute atomic E-state index is 14.4. The third kappa shape index (κ3) is 5.39. The van der Waals surface area contributed by atoms with Gasteiger partial charge in [0, 0.05) is 44.2 Å². The standard InChI is InChI=1S/C34H32N10O3/c1-21(38-33(46)28-30(35)40-43-15-7-14-36-32(28)43)31-39-26-11-6-8-22(27(26)34(47)44(31)25-9-4-3-5-10-25)12-13-23-18-37-41(2)29(23)24-19-42(20-24)16-17-45/h3-11,14-15,18,21,24,45H,16-17,19-20H2,1-2H3,(H3,35,38,40,46)/p+1. The average Bonchev–Trinajstić information content (AvgIpc) is 3.59. The number of nitrogen functional groups attached to an aromatic ring is 1. The fourth-order valence-corrected chi connectivity index (χ4v) is 6.21. The van der Waals surface area contributed by atoms with Crippen LogP contribution in [-0.2, 0) is 7.05 Å². The number of nitrogens with one attached hydrogen (secondary N) is 2. The molecule has 13 nitrogen and oxygen atoms in total. The van der Waals surface area contributed by atoms with E-state index in [1.165, 1.54) is 4.57 Å². The van der Waals surface area contributed by atoms with Crippen LogP contribution < -0.4 is 21.1 Å². The summed E-state index contributed by atoms with van der Waals surface area (Å²) >= 11 is 0. The summed E-state index contributed by atoms with van der Waals surface area (Å²) < 4.78 is 4.93. The lowest BCUT2D eigenvalue weighted by atomic mass is 9.93. The number of carbonyl (C=O) groups excluding carboxylic acids is 1. The number of carbonyl (C=O) groups is 1. The lowest BCUT2D eigenvalue weighted by molar-refractivity contribution is -0.577. The highest BCUT2D eigenvalue weighted by atomic mass is 16.3. The van der Waals surface area contributed by atoms with E-state index in [-0.39, 0.29) is 29.5 Å². The molecule has 2 aromatic carbocycles. The molecule has 0 radical (unpaired) electrons. The highest BCUT2D eigenvalue weighted by molar-refractivity contribution is 6.03. The average molecular weight is 630 g/mol. The van der Waals surface area contributed by atoms with Crippen LogP contribution in [0.2, 0.25) is 0 Å². The summed E-state index contributed by atoms with van der Waals surface area (Å²) in [6, 6.07) is 15.6. The maximum atomic E-state index is 14.4. The van der Waals surface area contributed by atoms with E-state index in [0.717, 1.165) is 24.3 Å². The first-order valence-electron chi connectivity index (χ1n) is 15.3. The Morgan fingerprint density at radius 1 is 1.15 bits per heavy atom. The van der Waals surface area contributed by atoms with Crippen molar-refractivity contribution in [3.05, 3.63) is 112 Å². The fourth-order valence-electron chi connectivity index (χ4n) is 6.21. The molecule has 1 unspecified atom stereocenters. The number of β-amino-alcohol motifs (C(OH)–C–C–N with tert-alkyl or cyclic N) is 1. The molecular formula is C34H33N10O3+. The summed E-state index contributed by atoms with van der Waals surface area (Å²) in [4.78, 5) is 39.4. The second kappa shape index (κ2) is 12.2. The smallest absolute Gasteiger partial charge is 0.362 e. The van der Waals surface area contributed by atoms with Gasteiger partial charge in [-0.15, -0.1) is 4.52 Å². The van der Waals surface area contributed by atoms with E-state index < -0.39 is 11.9 Å². The molecular weight excluding hydrogens is 596 g/mol. The number of likely N-dealkylation sites (tertiary alicyclic amines) is 1. The van der Waals surface area contributed by atoms with Crippen molar-refractivity contribution in [3.8, 4) is 17.5 Å². The van der Waals surface area contributed by atoms with E-state index in [0.29, 0.717) is 40.2 Å². The van der Waals surface area contributed by atoms with Gasteiger partial charge in [-0.2, -0.15) is 5.10 Å². The zero-order valence-electron chi connectivity index (χ0n) is 25.9. The molecule has 1 atom stereocenters. The zero-order valence-corrected chi connectivity index (χ0v) is 25.9. The Hall–Kier alpha value is -5.84. The van der Waals surface area contributed by atoms with E-state index in [1.54, 1.807) is 42.2 Å². The molecule has 7 rings (SSSR count). The van der Waals surface area contributed by atoms with Crippen LogP contribution in [0, 0.1) is 11.8 Å². The van der Waals surface area contributed by atoms with Gasteiger partial charge in [-0.3, -0.25) is 23.7 Å². The van der Waals surface area contributed by atoms with Gasteiger partial charge in [-0.25, -0.2) is 10.1 Å². The molecule has 4 aromatic heterocycles. The number of H-pyrrole nitrogens is 1. The Balaban J connectivity index is 1.29. The zero-order chi connectivity index (χ0) is 32.7. The molecule has 13 heteroatoms. The monoisotopic (exact) mass is 629 g/mol. The number of hydrogen-bond donors (Lipinski definition) is 4. The maximum Gasteiger partial charge on any atom is 0.362 e. The van der Waals surface area contributed by atoms with E-state index in [1.807, 2.05) is 54.2 Å². The van der Waals surface area contributed by atoms with E-state index in [9.17, 15) is 14.7 Å². The third-order valence-electron chi connectivity index (χ3n) is 8.46. The highest BCUT2D eigenvalue weighted by Gasteiger charge is 2.31. The molecule has 0 spiro atoms. The Morgan fingerprint density at radius 2 is 1.94 bits per heavy atom. The fraction of sp³-hybridized carbons (Fsp3) is 0.235. The number of anilines is 1. The molecule has 5 heterocycles. The summed E-state index contributed by atoms with van der Waals surface area (Å²) in [6.07, 6.45) is 5.04. The second-order valence-electron chi connectivity index (χ2n) is 11.6. The molecule has 1 aliphatic rings. The van der Waals surface area contributed by atoms with Crippen molar-refractivity contribution in [2.75, 3.05) is 32.0 Å². The number of benzene rings is 2. The summed E-state index contributed by atoms with van der Waals surface area (Å²) in [5.41, 5.74) is 9.84. The molecule has 1 aliphatic heterocycles. The topological polar surface area (TPSA) is 164 Å². The van der Waals surface area contributed by atoms with Gasteiger partial charge < -0.3 is 16.2 Å². The number of para-hydroxylation sites is 1. The van der Waals surface area contributed by atoms with E-state index >= 15 is 0 Å². The Labute approximate surface area is 269 Å². The molecule has 47 heavy (non-hydrogen) atoms. The largest absolute Gasteiger partial charge is 0.395 e. The SMILES string of the molecule is CC(NC(=O)c1c(N)[nH][n+]2cccnc12)c1nc2cccc(C#Cc3cnn(C)c3C3CN(CCO)C3)c2c(=O)n1-c1ccccc1. The minimum atomic E-state index is -0.696. The number of amides is 1. The number of aromatic nitrogens is 7. The van der Waals surface area contributed by atoms with Gasteiger partial charge in [0.05, 0.1) is 46.7 Å². The molecule has 0 bridgehead atoms. The van der Waals surface area contributed by atoms with Crippen molar-refractivity contribution in [1.82, 2.24) is 39.6 Å². The van der Waals surface area contributed by atoms with Crippen LogP contribution in [0.15, 0.2) is 78.0 Å². The molecule has 0 saturated carbocycles. The summed E-state index contributed by atoms with van der Waals surface area (Å²) in [5, 5.41) is 20.0. The predicted molar refractivity (Wildman–Crippen MR) is 175 cm³/mol. The second-order valence-corrected chi connectivity index (χ2v) is 11.6. The first-order chi connectivity index (χ1) is 22.8. The number of nitrogens with two attached hydrogens (primary N) is 1. The van der Waals surface area contributed by atoms with Crippen LogP contribution in [0.25, 0.3) is 22.2 Å². The minimum absolute atomic E-state index is 0.128. The molecule has 236 valence electrons. The lowest BCUT2D eigenvalue weighted by Gasteiger charge is -2.39. The van der Waals surface area contributed by atoms with Crippen LogP contribution in [0.3, 0.4) is 0 Å². The van der Waals surface area contributed by atoms with Crippen molar-refractivity contribution in [3.63, 3.8) is 0 Å². The van der Waals surface area contributed by atoms with Gasteiger partial charge in [-0.1, -0.05) is 36.1 Å². The number of aliphatic hydroxyl groups excluding tert-OH is 1. The molecule has 0 aliphatic carbocycles. The first-order valence-corrected chi connectivity index (χ1v) is 15.3. The quantitative estimate of drug-likeness (QED) is 0.152. The predicted octanol–water partition coefficient (Wildman–Crippen LogP) is 1.45. The van der Waals surface area contributed by atoms with Crippen LogP contribution >= 0.6 is 0 Å². The highest BCUT2D eigenvalue weighted by Crippen LogP contribution is 2.29. The molecule has 1 fully saturated rings. The Morgan fingerprint density at radius 3 is 2.72 bits per heavy atom.